The van der Waals surface area contributed by atoms with E-state index < -0.39 is 7.37 Å². The Morgan fingerprint density at radius 2 is 1.66 bits per heavy atom. The molecule has 0 aliphatic heterocycles. The molecule has 4 aromatic rings. The lowest BCUT2D eigenvalue weighted by Gasteiger charge is -2.16. The van der Waals surface area contributed by atoms with Crippen molar-refractivity contribution in [2.45, 2.75) is 0 Å². The molecule has 1 heterocycles. The second-order valence-electron chi connectivity index (χ2n) is 6.55. The summed E-state index contributed by atoms with van der Waals surface area (Å²) >= 11 is 0. The third-order valence-electron chi connectivity index (χ3n) is 4.45. The summed E-state index contributed by atoms with van der Waals surface area (Å²) in [4.78, 5) is 0. The molecular formula is C22H20N3O3P. The Labute approximate surface area is 169 Å². The standard InChI is InChI=1S/C22H20N3O3P/c1-27-19-10-6-8-17(14-19)22-16-25(24-23-22)18-9-7-11-20(15-18)28-29(2,26)21-12-4-3-5-13-21/h3-16H,1-2H3. The van der Waals surface area contributed by atoms with Gasteiger partial charge in [0.25, 0.3) is 7.37 Å². The van der Waals surface area contributed by atoms with E-state index in [4.69, 9.17) is 9.26 Å². The Balaban J connectivity index is 1.59. The van der Waals surface area contributed by atoms with Crippen LogP contribution in [0.2, 0.25) is 0 Å². The van der Waals surface area contributed by atoms with E-state index in [-0.39, 0.29) is 0 Å². The Hall–Kier alpha value is -3.37. The first kappa shape index (κ1) is 19.0. The second kappa shape index (κ2) is 7.94. The third kappa shape index (κ3) is 4.23. The van der Waals surface area contributed by atoms with E-state index in [1.807, 2.05) is 72.9 Å². The fraction of sp³-hybridized carbons (Fsp3) is 0.0909. The minimum Gasteiger partial charge on any atom is -0.497 e. The summed E-state index contributed by atoms with van der Waals surface area (Å²) in [6.45, 7) is 1.62. The SMILES string of the molecule is COc1cccc(-c2cn(-c3cccc(OP(C)(=O)c4ccccc4)c3)nn2)c1. The molecule has 0 spiro atoms. The maximum Gasteiger partial charge on any atom is 0.274 e. The van der Waals surface area contributed by atoms with Crippen LogP contribution in [0.3, 0.4) is 0 Å². The van der Waals surface area contributed by atoms with Crippen LogP contribution < -0.4 is 14.6 Å². The zero-order valence-corrected chi connectivity index (χ0v) is 17.0. The monoisotopic (exact) mass is 405 g/mol. The van der Waals surface area contributed by atoms with E-state index in [1.165, 1.54) is 0 Å². The molecule has 0 saturated carbocycles. The van der Waals surface area contributed by atoms with Crippen molar-refractivity contribution in [1.29, 1.82) is 0 Å². The lowest BCUT2D eigenvalue weighted by Crippen LogP contribution is -2.08. The molecule has 1 unspecified atom stereocenters. The van der Waals surface area contributed by atoms with Crippen LogP contribution in [-0.4, -0.2) is 28.8 Å². The Bertz CT molecular complexity index is 1170. The summed E-state index contributed by atoms with van der Waals surface area (Å²) in [7, 11) is -1.36. The predicted octanol–water partition coefficient (Wildman–Crippen LogP) is 4.56. The molecule has 7 heteroatoms. The number of hydrogen-bond donors (Lipinski definition) is 0. The summed E-state index contributed by atoms with van der Waals surface area (Å²) in [6.07, 6.45) is 1.83. The molecular weight excluding hydrogens is 385 g/mol. The molecule has 0 amide bonds. The van der Waals surface area contributed by atoms with Gasteiger partial charge in [-0.05, 0) is 36.4 Å². The average molecular weight is 405 g/mol. The molecule has 6 nitrogen and oxygen atoms in total. The largest absolute Gasteiger partial charge is 0.497 e. The van der Waals surface area contributed by atoms with Crippen LogP contribution in [0.1, 0.15) is 0 Å². The molecule has 0 saturated heterocycles. The van der Waals surface area contributed by atoms with E-state index in [9.17, 15) is 4.57 Å². The first-order chi connectivity index (χ1) is 14.0. The molecule has 1 atom stereocenters. The van der Waals surface area contributed by atoms with Crippen molar-refractivity contribution in [3.05, 3.63) is 85.1 Å². The molecule has 29 heavy (non-hydrogen) atoms. The van der Waals surface area contributed by atoms with Crippen molar-refractivity contribution in [2.24, 2.45) is 0 Å². The van der Waals surface area contributed by atoms with Gasteiger partial charge in [0.1, 0.15) is 17.2 Å². The zero-order chi connectivity index (χ0) is 20.3. The van der Waals surface area contributed by atoms with Crippen molar-refractivity contribution in [2.75, 3.05) is 13.8 Å². The van der Waals surface area contributed by atoms with Crippen LogP contribution in [-0.2, 0) is 4.57 Å². The number of rotatable bonds is 6. The van der Waals surface area contributed by atoms with Gasteiger partial charge in [-0.3, -0.25) is 4.57 Å². The van der Waals surface area contributed by atoms with Crippen molar-refractivity contribution in [3.8, 4) is 28.4 Å². The maximum atomic E-state index is 13.0. The number of benzene rings is 3. The third-order valence-corrected chi connectivity index (χ3v) is 6.24. The van der Waals surface area contributed by atoms with Crippen molar-refractivity contribution in [1.82, 2.24) is 15.0 Å². The van der Waals surface area contributed by atoms with Crippen LogP contribution >= 0.6 is 7.37 Å². The molecule has 0 radical (unpaired) electrons. The Morgan fingerprint density at radius 3 is 2.45 bits per heavy atom. The van der Waals surface area contributed by atoms with Gasteiger partial charge in [0.2, 0.25) is 0 Å². The second-order valence-corrected chi connectivity index (χ2v) is 8.94. The Morgan fingerprint density at radius 1 is 0.897 bits per heavy atom. The van der Waals surface area contributed by atoms with E-state index >= 15 is 0 Å². The highest BCUT2D eigenvalue weighted by Gasteiger charge is 2.20. The topological polar surface area (TPSA) is 66.2 Å². The van der Waals surface area contributed by atoms with Gasteiger partial charge in [-0.1, -0.05) is 41.6 Å². The molecule has 4 rings (SSSR count). The number of nitrogens with zero attached hydrogens (tertiary/aromatic N) is 3. The lowest BCUT2D eigenvalue weighted by atomic mass is 10.1. The highest BCUT2D eigenvalue weighted by atomic mass is 31.2. The zero-order valence-electron chi connectivity index (χ0n) is 16.1. The highest BCUT2D eigenvalue weighted by molar-refractivity contribution is 7.66. The molecule has 0 bridgehead atoms. The van der Waals surface area contributed by atoms with Gasteiger partial charge < -0.3 is 9.26 Å². The summed E-state index contributed by atoms with van der Waals surface area (Å²) < 4.78 is 25.8. The quantitative estimate of drug-likeness (QED) is 0.440. The minimum absolute atomic E-state index is 0.510. The van der Waals surface area contributed by atoms with Gasteiger partial charge in [-0.2, -0.15) is 0 Å². The van der Waals surface area contributed by atoms with Gasteiger partial charge in [0, 0.05) is 23.6 Å². The first-order valence-corrected chi connectivity index (χ1v) is 11.1. The van der Waals surface area contributed by atoms with Crippen molar-refractivity contribution in [3.63, 3.8) is 0 Å². The van der Waals surface area contributed by atoms with Crippen LogP contribution in [0.4, 0.5) is 0 Å². The molecule has 0 N–H and O–H groups in total. The maximum absolute atomic E-state index is 13.0. The summed E-state index contributed by atoms with van der Waals surface area (Å²) in [5, 5.41) is 9.14. The number of ether oxygens (including phenoxy) is 1. The molecule has 146 valence electrons. The molecule has 1 aromatic heterocycles. The van der Waals surface area contributed by atoms with Crippen LogP contribution in [0.15, 0.2) is 85.1 Å². The molecule has 3 aromatic carbocycles. The van der Waals surface area contributed by atoms with E-state index in [2.05, 4.69) is 10.3 Å². The fourth-order valence-corrected chi connectivity index (χ4v) is 4.28. The minimum atomic E-state index is -2.99. The smallest absolute Gasteiger partial charge is 0.274 e. The van der Waals surface area contributed by atoms with E-state index in [0.29, 0.717) is 11.1 Å². The van der Waals surface area contributed by atoms with Gasteiger partial charge in [-0.25, -0.2) is 4.68 Å². The average Bonchev–Trinajstić information content (AvgIpc) is 3.25. The summed E-state index contributed by atoms with van der Waals surface area (Å²) in [5.41, 5.74) is 2.39. The van der Waals surface area contributed by atoms with Crippen molar-refractivity contribution < 1.29 is 13.8 Å². The van der Waals surface area contributed by atoms with Gasteiger partial charge in [-0.15, -0.1) is 5.10 Å². The molecule has 0 fully saturated rings. The fourth-order valence-electron chi connectivity index (χ4n) is 2.94. The number of methoxy groups -OCH3 is 1. The van der Waals surface area contributed by atoms with Crippen LogP contribution in [0.5, 0.6) is 11.5 Å². The van der Waals surface area contributed by atoms with Gasteiger partial charge in [0.05, 0.1) is 19.0 Å². The summed E-state index contributed by atoms with van der Waals surface area (Å²) in [6, 6.07) is 24.1. The van der Waals surface area contributed by atoms with E-state index in [0.717, 1.165) is 22.7 Å². The van der Waals surface area contributed by atoms with Gasteiger partial charge >= 0.3 is 0 Å². The molecule has 0 aliphatic rings. The van der Waals surface area contributed by atoms with Crippen LogP contribution in [0, 0.1) is 0 Å². The van der Waals surface area contributed by atoms with Crippen LogP contribution in [0.25, 0.3) is 16.9 Å². The Kier molecular flexibility index (Phi) is 5.19. The van der Waals surface area contributed by atoms with Gasteiger partial charge in [0.15, 0.2) is 0 Å². The summed E-state index contributed by atoms with van der Waals surface area (Å²) in [5.74, 6) is 1.27. The number of hydrogen-bond acceptors (Lipinski definition) is 5. The highest BCUT2D eigenvalue weighted by Crippen LogP contribution is 2.42. The normalized spacial score (nSPS) is 12.9. The van der Waals surface area contributed by atoms with Crippen molar-refractivity contribution >= 4 is 12.7 Å². The molecule has 0 aliphatic carbocycles. The number of aromatic nitrogens is 3. The first-order valence-electron chi connectivity index (χ1n) is 9.05. The predicted molar refractivity (Wildman–Crippen MR) is 114 cm³/mol. The van der Waals surface area contributed by atoms with E-state index in [1.54, 1.807) is 30.6 Å². The lowest BCUT2D eigenvalue weighted by molar-refractivity contribution is 0.415.